The fourth-order valence-corrected chi connectivity index (χ4v) is 11.2. The molecular weight excluding hydrogens is 1150 g/mol. The number of aliphatic hydroxyl groups is 1. The quantitative estimate of drug-likeness (QED) is 0.0309. The van der Waals surface area contributed by atoms with Gasteiger partial charge >= 0.3 is 0 Å². The number of hydrogen-bond donors (Lipinski definition) is 11. The molecule has 1 saturated heterocycles. The Morgan fingerprint density at radius 2 is 1.21 bits per heavy atom. The van der Waals surface area contributed by atoms with Crippen LogP contribution in [0.1, 0.15) is 122 Å². The number of benzene rings is 3. The minimum atomic E-state index is -1.71. The molecule has 24 nitrogen and oxygen atoms in total. The van der Waals surface area contributed by atoms with Crippen LogP contribution in [-0.2, 0) is 76.8 Å². The number of primary amides is 3. The Morgan fingerprint density at radius 1 is 0.640 bits per heavy atom. The third-order valence-electron chi connectivity index (χ3n) is 16.7. The number of aliphatic hydroxyl groups excluding tert-OH is 1. The monoisotopic (exact) mass is 1230 g/mol. The predicted molar refractivity (Wildman–Crippen MR) is 328 cm³/mol. The molecule has 0 bridgehead atoms. The van der Waals surface area contributed by atoms with Crippen molar-refractivity contribution in [1.82, 2.24) is 31.2 Å². The first-order chi connectivity index (χ1) is 42.1. The highest BCUT2D eigenvalue weighted by molar-refractivity contribution is 5.99. The topological polar surface area (TPSA) is 411 Å². The van der Waals surface area contributed by atoms with E-state index in [1.165, 1.54) is 43.3 Å². The van der Waals surface area contributed by atoms with Crippen LogP contribution in [0.15, 0.2) is 79.0 Å². The van der Waals surface area contributed by atoms with Crippen LogP contribution in [0.4, 0.5) is 0 Å². The van der Waals surface area contributed by atoms with Crippen molar-refractivity contribution in [2.45, 2.75) is 155 Å². The largest absolute Gasteiger partial charge is 0.508 e. The van der Waals surface area contributed by atoms with Gasteiger partial charge in [0.15, 0.2) is 17.3 Å². The van der Waals surface area contributed by atoms with Crippen LogP contribution < -0.4 is 38.5 Å². The summed E-state index contributed by atoms with van der Waals surface area (Å²) in [6.45, 7) is 9.29. The van der Waals surface area contributed by atoms with E-state index in [4.69, 9.17) is 17.2 Å². The molecule has 0 radical (unpaired) electrons. The average molecular weight is 1230 g/mol. The van der Waals surface area contributed by atoms with E-state index in [-0.39, 0.29) is 74.7 Å². The third kappa shape index (κ3) is 21.2. The van der Waals surface area contributed by atoms with Gasteiger partial charge in [0.2, 0.25) is 47.3 Å². The van der Waals surface area contributed by atoms with E-state index < -0.39 is 163 Å². The van der Waals surface area contributed by atoms with Crippen molar-refractivity contribution >= 4 is 81.3 Å². The zero-order valence-corrected chi connectivity index (χ0v) is 51.5. The SMILES string of the molecule is CC[C@@H](C)[C@H](CC(=O)[C@@H](NC(=O)[C@H](CC(N)=O)CC(=O)[C@H](CCC(N)=O)NC(=O)[C@@H]1CCCN1C(=O)[C@@H](NC(=O)[C@@H](CC(=O)CNC(=O)[C@@H](CC(=O)C(C)Cc1c[nH]c2ccccc12)Cc1ccc(O)cc1)Cc1ccc(O)cc1)C(C)O)C(C)C)C(N)=O. The van der Waals surface area contributed by atoms with Crippen LogP contribution in [0, 0.1) is 41.4 Å². The molecule has 0 aliphatic carbocycles. The number of para-hydroxylation sites is 1. The summed E-state index contributed by atoms with van der Waals surface area (Å²) < 4.78 is 0. The molecule has 0 saturated carbocycles. The molecule has 2 heterocycles. The van der Waals surface area contributed by atoms with Gasteiger partial charge in [0.1, 0.15) is 29.4 Å². The van der Waals surface area contributed by atoms with Crippen LogP contribution in [0.2, 0.25) is 0 Å². The lowest BCUT2D eigenvalue weighted by Crippen LogP contribution is -2.58. The van der Waals surface area contributed by atoms with Crippen molar-refractivity contribution in [3.05, 3.63) is 95.7 Å². The number of hydrogen-bond acceptors (Lipinski definition) is 15. The number of Topliss-reactive ketones (excluding diaryl/α,β-unsaturated/α-hetero) is 4. The van der Waals surface area contributed by atoms with Crippen LogP contribution in [0.3, 0.4) is 0 Å². The number of carbonyl (C=O) groups is 12. The number of nitrogens with zero attached hydrogens (tertiary/aromatic N) is 1. The Hall–Kier alpha value is -8.80. The van der Waals surface area contributed by atoms with E-state index in [2.05, 4.69) is 26.3 Å². The summed E-state index contributed by atoms with van der Waals surface area (Å²) in [5.74, 6) is -14.6. The maximum absolute atomic E-state index is 14.5. The molecule has 14 N–H and O–H groups in total. The van der Waals surface area contributed by atoms with E-state index in [9.17, 15) is 72.9 Å². The van der Waals surface area contributed by atoms with Gasteiger partial charge in [-0.15, -0.1) is 0 Å². The van der Waals surface area contributed by atoms with Gasteiger partial charge in [0.25, 0.3) is 0 Å². The van der Waals surface area contributed by atoms with Crippen molar-refractivity contribution in [3.8, 4) is 11.5 Å². The number of H-pyrrole nitrogens is 1. The minimum Gasteiger partial charge on any atom is -0.508 e. The number of nitrogens with two attached hydrogens (primary N) is 3. The molecular formula is C65H87N9O15. The second-order valence-electron chi connectivity index (χ2n) is 24.0. The molecule has 3 aromatic carbocycles. The maximum atomic E-state index is 14.5. The average Bonchev–Trinajstić information content (AvgIpc) is 3.09. The number of carbonyl (C=O) groups excluding carboxylic acids is 12. The third-order valence-corrected chi connectivity index (χ3v) is 16.7. The molecule has 24 heteroatoms. The van der Waals surface area contributed by atoms with Crippen LogP contribution in [0.5, 0.6) is 11.5 Å². The maximum Gasteiger partial charge on any atom is 0.248 e. The van der Waals surface area contributed by atoms with Gasteiger partial charge in [-0.05, 0) is 104 Å². The molecule has 89 heavy (non-hydrogen) atoms. The lowest BCUT2D eigenvalue weighted by atomic mass is 9.83. The number of nitrogens with one attached hydrogen (secondary N) is 5. The van der Waals surface area contributed by atoms with Crippen molar-refractivity contribution in [2.24, 2.45) is 58.6 Å². The van der Waals surface area contributed by atoms with E-state index in [1.54, 1.807) is 39.8 Å². The van der Waals surface area contributed by atoms with Gasteiger partial charge in [-0.2, -0.15) is 0 Å². The number of phenolic OH excluding ortho intramolecular Hbond substituents is 2. The van der Waals surface area contributed by atoms with Gasteiger partial charge in [0, 0.05) is 85.8 Å². The molecule has 1 aliphatic rings. The molecule has 2 unspecified atom stereocenters. The number of aromatic hydroxyl groups is 2. The highest BCUT2D eigenvalue weighted by Crippen LogP contribution is 2.27. The summed E-state index contributed by atoms with van der Waals surface area (Å²) in [6, 6.07) is 13.9. The molecule has 4 aromatic rings. The molecule has 11 atom stereocenters. The van der Waals surface area contributed by atoms with E-state index >= 15 is 0 Å². The van der Waals surface area contributed by atoms with E-state index in [0.717, 1.165) is 21.4 Å². The van der Waals surface area contributed by atoms with Gasteiger partial charge < -0.3 is 63.7 Å². The van der Waals surface area contributed by atoms with Crippen molar-refractivity contribution < 1.29 is 72.9 Å². The normalized spacial score (nSPS) is 16.5. The number of fused-ring (bicyclic) bond motifs is 1. The first-order valence-electron chi connectivity index (χ1n) is 30.3. The first kappa shape index (κ1) is 71.0. The van der Waals surface area contributed by atoms with Crippen LogP contribution in [-0.4, -0.2) is 139 Å². The number of aromatic amines is 1. The van der Waals surface area contributed by atoms with Gasteiger partial charge in [0.05, 0.1) is 30.7 Å². The lowest BCUT2D eigenvalue weighted by molar-refractivity contribution is -0.145. The molecule has 1 aromatic heterocycles. The zero-order chi connectivity index (χ0) is 65.8. The zero-order valence-electron chi connectivity index (χ0n) is 51.5. The number of amides is 8. The summed E-state index contributed by atoms with van der Waals surface area (Å²) in [7, 11) is 0. The van der Waals surface area contributed by atoms with Crippen molar-refractivity contribution in [1.29, 1.82) is 0 Å². The summed E-state index contributed by atoms with van der Waals surface area (Å²) in [5.41, 5.74) is 19.6. The molecule has 482 valence electrons. The molecule has 5 rings (SSSR count). The second-order valence-corrected chi connectivity index (χ2v) is 24.0. The molecule has 1 aliphatic heterocycles. The van der Waals surface area contributed by atoms with Gasteiger partial charge in [-0.3, -0.25) is 57.5 Å². The second kappa shape index (κ2) is 33.5. The fourth-order valence-electron chi connectivity index (χ4n) is 11.2. The Bertz CT molecular complexity index is 3180. The Balaban J connectivity index is 1.29. The lowest BCUT2D eigenvalue weighted by Gasteiger charge is -2.31. The van der Waals surface area contributed by atoms with Gasteiger partial charge in [-0.1, -0.05) is 83.5 Å². The fraction of sp³-hybridized carbons (Fsp3) is 0.508. The molecule has 1 fully saturated rings. The number of aromatic nitrogens is 1. The van der Waals surface area contributed by atoms with Crippen molar-refractivity contribution in [3.63, 3.8) is 0 Å². The van der Waals surface area contributed by atoms with Crippen molar-refractivity contribution in [2.75, 3.05) is 13.1 Å². The molecule has 0 spiro atoms. The Labute approximate surface area is 517 Å². The number of ketones is 4. The Morgan fingerprint density at radius 3 is 1.78 bits per heavy atom. The summed E-state index contributed by atoms with van der Waals surface area (Å²) >= 11 is 0. The standard InChI is InChI=1S/C65H87N9O15/c1-7-36(4)49(60(68)84)32-55(81)58(35(2)3)72-63(87)43(31-57(67)83)30-54(80)51(22-23-56(66)82)71-64(88)52-13-10-24-74(52)65(89)59(38(6)75)73-62(86)41(26-39-14-18-45(76)19-15-39)28-47(78)34-70-61(85)42(27-40-16-20-46(77)21-17-40)29-53(79)37(5)25-44-33-69-50-12-9-8-11-48(44)50/h8-9,11-12,14-21,33,35-38,41-43,49,51-52,58-59,69,75-77H,7,10,13,22-32,34H2,1-6H3,(H2,66,82)(H2,67,83)(H2,68,84)(H,70,85)(H,71,88)(H,72,87)(H,73,86)/t36-,37?,38?,41-,42-,43+,49+,51+,52+,58+,59+/m1/s1. The van der Waals surface area contributed by atoms with Crippen LogP contribution in [0.25, 0.3) is 10.9 Å². The highest BCUT2D eigenvalue weighted by atomic mass is 16.3. The van der Waals surface area contributed by atoms with Gasteiger partial charge in [-0.25, -0.2) is 0 Å². The molecule has 8 amide bonds. The Kier molecular flexibility index (Phi) is 26.7. The summed E-state index contributed by atoms with van der Waals surface area (Å²) in [6.07, 6.45) is -1.68. The summed E-state index contributed by atoms with van der Waals surface area (Å²) in [5, 5.41) is 42.5. The first-order valence-corrected chi connectivity index (χ1v) is 30.3. The number of rotatable bonds is 37. The predicted octanol–water partition coefficient (Wildman–Crippen LogP) is 2.82. The number of likely N-dealkylation sites (tertiary alicyclic amines) is 1. The smallest absolute Gasteiger partial charge is 0.248 e. The van der Waals surface area contributed by atoms with E-state index in [1.807, 2.05) is 37.4 Å². The summed E-state index contributed by atoms with van der Waals surface area (Å²) in [4.78, 5) is 168. The minimum absolute atomic E-state index is 0.00170. The van der Waals surface area contributed by atoms with E-state index in [0.29, 0.717) is 24.0 Å². The number of phenols is 2. The van der Waals surface area contributed by atoms with Crippen LogP contribution >= 0.6 is 0 Å². The highest BCUT2D eigenvalue weighted by Gasteiger charge is 2.42.